The predicted molar refractivity (Wildman–Crippen MR) is 127 cm³/mol. The van der Waals surface area contributed by atoms with Crippen molar-refractivity contribution < 1.29 is 17.9 Å². The van der Waals surface area contributed by atoms with Gasteiger partial charge in [-0.15, -0.1) is 10.2 Å². The Kier molecular flexibility index (Phi) is 6.91. The number of nitrogens with one attached hydrogen (secondary N) is 2. The molecule has 0 aliphatic carbocycles. The van der Waals surface area contributed by atoms with E-state index in [1.165, 1.54) is 0 Å². The third-order valence-electron chi connectivity index (χ3n) is 5.21. The van der Waals surface area contributed by atoms with E-state index < -0.39 is 10.0 Å². The molecule has 33 heavy (non-hydrogen) atoms. The van der Waals surface area contributed by atoms with Crippen molar-refractivity contribution in [3.05, 3.63) is 59.7 Å². The Morgan fingerprint density at radius 1 is 1.12 bits per heavy atom. The number of piperidine rings is 1. The number of carbonyl (C=O) groups excluding carboxylic acids is 1. The van der Waals surface area contributed by atoms with Crippen LogP contribution in [-0.4, -0.2) is 55.7 Å². The van der Waals surface area contributed by atoms with Crippen molar-refractivity contribution in [2.45, 2.75) is 30.2 Å². The summed E-state index contributed by atoms with van der Waals surface area (Å²) in [7, 11) is -1.86. The smallest absolute Gasteiger partial charge is 0.291 e. The number of likely N-dealkylation sites (tertiary alicyclic amines) is 1. The van der Waals surface area contributed by atoms with Crippen LogP contribution >= 0.6 is 11.3 Å². The first-order valence-corrected chi connectivity index (χ1v) is 12.8. The summed E-state index contributed by atoms with van der Waals surface area (Å²) in [6.45, 7) is 3.88. The van der Waals surface area contributed by atoms with Crippen molar-refractivity contribution in [1.82, 2.24) is 15.1 Å². The van der Waals surface area contributed by atoms with Crippen molar-refractivity contribution in [3.63, 3.8) is 0 Å². The van der Waals surface area contributed by atoms with E-state index >= 15 is 0 Å². The molecule has 2 heterocycles. The molecule has 2 aromatic carbocycles. The zero-order chi connectivity index (χ0) is 23.4. The number of hydrogen-bond donors (Lipinski definition) is 2. The predicted octanol–water partition coefficient (Wildman–Crippen LogP) is 3.37. The number of anilines is 2. The summed E-state index contributed by atoms with van der Waals surface area (Å²) in [4.78, 5) is 14.6. The van der Waals surface area contributed by atoms with Gasteiger partial charge in [0.1, 0.15) is 11.9 Å². The molecule has 1 aliphatic heterocycles. The number of hydrogen-bond acceptors (Lipinski definition) is 8. The number of rotatable bonds is 7. The van der Waals surface area contributed by atoms with Crippen LogP contribution in [0.15, 0.2) is 52.9 Å². The van der Waals surface area contributed by atoms with Gasteiger partial charge in [-0.3, -0.25) is 14.8 Å². The SMILES string of the molecule is Cc1cccc(C(=O)Nc2nnc(S(=O)(=O)Nc3ccc(OC4CCN(C)CC4)cc3)s2)c1. The number of aryl methyl sites for hydroxylation is 1. The molecule has 0 atom stereocenters. The first-order chi connectivity index (χ1) is 15.8. The molecule has 9 nitrogen and oxygen atoms in total. The maximum absolute atomic E-state index is 12.7. The quantitative estimate of drug-likeness (QED) is 0.491. The number of sulfonamides is 1. The molecule has 1 saturated heterocycles. The second kappa shape index (κ2) is 9.86. The van der Waals surface area contributed by atoms with Gasteiger partial charge >= 0.3 is 0 Å². The number of nitrogens with zero attached hydrogens (tertiary/aromatic N) is 3. The van der Waals surface area contributed by atoms with E-state index in [4.69, 9.17) is 4.74 Å². The molecule has 11 heteroatoms. The number of benzene rings is 2. The lowest BCUT2D eigenvalue weighted by Gasteiger charge is -2.29. The molecule has 174 valence electrons. The zero-order valence-electron chi connectivity index (χ0n) is 18.3. The van der Waals surface area contributed by atoms with E-state index in [0.717, 1.165) is 42.8 Å². The van der Waals surface area contributed by atoms with Crippen LogP contribution in [0.3, 0.4) is 0 Å². The Balaban J connectivity index is 1.37. The van der Waals surface area contributed by atoms with Crippen LogP contribution in [-0.2, 0) is 10.0 Å². The van der Waals surface area contributed by atoms with Gasteiger partial charge in [-0.05, 0) is 63.2 Å². The van der Waals surface area contributed by atoms with E-state index in [0.29, 0.717) is 17.0 Å². The van der Waals surface area contributed by atoms with Crippen LogP contribution in [0.5, 0.6) is 5.75 Å². The standard InChI is InChI=1S/C22H25N5O4S2/c1-15-4-3-5-16(14-15)20(28)23-21-24-25-22(32-21)33(29,30)26-17-6-8-18(9-7-17)31-19-10-12-27(2)13-11-19/h3-9,14,19,26H,10-13H2,1-2H3,(H,23,24,28). The minimum atomic E-state index is -3.95. The number of aromatic nitrogens is 2. The molecule has 1 aliphatic rings. The highest BCUT2D eigenvalue weighted by atomic mass is 32.2. The monoisotopic (exact) mass is 487 g/mol. The van der Waals surface area contributed by atoms with Gasteiger partial charge in [0.25, 0.3) is 20.3 Å². The Morgan fingerprint density at radius 3 is 2.55 bits per heavy atom. The summed E-state index contributed by atoms with van der Waals surface area (Å²) in [5, 5.41) is 10.2. The summed E-state index contributed by atoms with van der Waals surface area (Å²) in [5.41, 5.74) is 1.77. The van der Waals surface area contributed by atoms with Gasteiger partial charge < -0.3 is 9.64 Å². The van der Waals surface area contributed by atoms with E-state index in [1.807, 2.05) is 13.0 Å². The lowest BCUT2D eigenvalue weighted by Crippen LogP contribution is -2.35. The largest absolute Gasteiger partial charge is 0.490 e. The molecule has 0 unspecified atom stereocenters. The summed E-state index contributed by atoms with van der Waals surface area (Å²) >= 11 is 0.780. The molecule has 3 aromatic rings. The highest BCUT2D eigenvalue weighted by molar-refractivity contribution is 7.94. The second-order valence-corrected chi connectivity index (χ2v) is 10.8. The van der Waals surface area contributed by atoms with Crippen LogP contribution in [0, 0.1) is 6.92 Å². The Labute approximate surface area is 196 Å². The molecule has 0 saturated carbocycles. The molecule has 4 rings (SSSR count). The van der Waals surface area contributed by atoms with Gasteiger partial charge in [-0.1, -0.05) is 29.0 Å². The molecular weight excluding hydrogens is 462 g/mol. The molecule has 1 amide bonds. The molecule has 0 spiro atoms. The fourth-order valence-electron chi connectivity index (χ4n) is 3.42. The Morgan fingerprint density at radius 2 is 1.85 bits per heavy atom. The zero-order valence-corrected chi connectivity index (χ0v) is 19.9. The third kappa shape index (κ3) is 6.06. The molecular formula is C22H25N5O4S2. The average molecular weight is 488 g/mol. The maximum Gasteiger partial charge on any atom is 0.291 e. The van der Waals surface area contributed by atoms with Crippen LogP contribution in [0.1, 0.15) is 28.8 Å². The lowest BCUT2D eigenvalue weighted by atomic mass is 10.1. The molecule has 0 radical (unpaired) electrons. The molecule has 1 aromatic heterocycles. The summed E-state index contributed by atoms with van der Waals surface area (Å²) in [5.74, 6) is 0.316. The minimum absolute atomic E-state index is 0.101. The minimum Gasteiger partial charge on any atom is -0.490 e. The van der Waals surface area contributed by atoms with Gasteiger partial charge in [-0.2, -0.15) is 8.42 Å². The molecule has 0 bridgehead atoms. The molecule has 2 N–H and O–H groups in total. The fourth-order valence-corrected chi connectivity index (χ4v) is 5.38. The summed E-state index contributed by atoms with van der Waals surface area (Å²) in [6, 6.07) is 13.8. The van der Waals surface area contributed by atoms with Crippen molar-refractivity contribution in [3.8, 4) is 5.75 Å². The highest BCUT2D eigenvalue weighted by Gasteiger charge is 2.22. The van der Waals surface area contributed by atoms with E-state index in [1.54, 1.807) is 42.5 Å². The summed E-state index contributed by atoms with van der Waals surface area (Å²) in [6.07, 6.45) is 2.09. The third-order valence-corrected chi connectivity index (χ3v) is 7.80. The normalized spacial score (nSPS) is 15.2. The maximum atomic E-state index is 12.7. The number of carbonyl (C=O) groups is 1. The lowest BCUT2D eigenvalue weighted by molar-refractivity contribution is 0.102. The Hall–Kier alpha value is -3.02. The number of ether oxygens (including phenoxy) is 1. The fraction of sp³-hybridized carbons (Fsp3) is 0.318. The van der Waals surface area contributed by atoms with Gasteiger partial charge in [0, 0.05) is 24.3 Å². The first-order valence-electron chi connectivity index (χ1n) is 10.5. The Bertz CT molecular complexity index is 1220. The summed E-state index contributed by atoms with van der Waals surface area (Å²) < 4.78 is 33.6. The van der Waals surface area contributed by atoms with Crippen molar-refractivity contribution >= 4 is 38.1 Å². The highest BCUT2D eigenvalue weighted by Crippen LogP contribution is 2.25. The van der Waals surface area contributed by atoms with Gasteiger partial charge in [-0.25, -0.2) is 0 Å². The van der Waals surface area contributed by atoms with Gasteiger partial charge in [0.05, 0.1) is 0 Å². The van der Waals surface area contributed by atoms with E-state index in [-0.39, 0.29) is 21.5 Å². The van der Waals surface area contributed by atoms with Gasteiger partial charge in [0.15, 0.2) is 0 Å². The molecule has 1 fully saturated rings. The van der Waals surface area contributed by atoms with Gasteiger partial charge in [0.2, 0.25) is 5.13 Å². The van der Waals surface area contributed by atoms with Crippen LogP contribution < -0.4 is 14.8 Å². The topological polar surface area (TPSA) is 114 Å². The van der Waals surface area contributed by atoms with E-state index in [2.05, 4.69) is 32.2 Å². The average Bonchev–Trinajstić information content (AvgIpc) is 3.26. The van der Waals surface area contributed by atoms with Crippen molar-refractivity contribution in [2.24, 2.45) is 0 Å². The van der Waals surface area contributed by atoms with Crippen LogP contribution in [0.2, 0.25) is 0 Å². The van der Waals surface area contributed by atoms with Crippen molar-refractivity contribution in [2.75, 3.05) is 30.2 Å². The van der Waals surface area contributed by atoms with Crippen LogP contribution in [0.4, 0.5) is 10.8 Å². The second-order valence-electron chi connectivity index (χ2n) is 7.95. The van der Waals surface area contributed by atoms with Crippen LogP contribution in [0.25, 0.3) is 0 Å². The number of amides is 1. The van der Waals surface area contributed by atoms with E-state index in [9.17, 15) is 13.2 Å². The van der Waals surface area contributed by atoms with Crippen molar-refractivity contribution in [1.29, 1.82) is 0 Å². The first kappa shape index (κ1) is 23.1.